The average Bonchev–Trinajstić information content (AvgIpc) is 2.61. The van der Waals surface area contributed by atoms with Gasteiger partial charge in [0.15, 0.2) is 0 Å². The molecule has 4 nitrogen and oxygen atoms in total. The van der Waals surface area contributed by atoms with Crippen LogP contribution in [0.3, 0.4) is 0 Å². The molecule has 1 aliphatic heterocycles. The highest BCUT2D eigenvalue weighted by molar-refractivity contribution is 6.30. The third kappa shape index (κ3) is 3.76. The molecule has 1 aromatic rings. The van der Waals surface area contributed by atoms with Crippen LogP contribution in [-0.4, -0.2) is 31.2 Å². The molecule has 0 bridgehead atoms. The molecule has 1 amide bonds. The number of halogens is 1. The largest absolute Gasteiger partial charge is 0.381 e. The molecule has 2 fully saturated rings. The molecule has 1 heterocycles. The van der Waals surface area contributed by atoms with Crippen LogP contribution in [-0.2, 0) is 14.9 Å². The van der Waals surface area contributed by atoms with Crippen molar-refractivity contribution in [3.8, 4) is 0 Å². The van der Waals surface area contributed by atoms with Gasteiger partial charge in [0.2, 0.25) is 5.91 Å². The van der Waals surface area contributed by atoms with Gasteiger partial charge in [0, 0.05) is 30.2 Å². The van der Waals surface area contributed by atoms with Gasteiger partial charge in [0.25, 0.3) is 0 Å². The number of carbonyl (C=O) groups is 1. The van der Waals surface area contributed by atoms with Gasteiger partial charge in [0.05, 0.1) is 5.54 Å². The molecule has 1 saturated heterocycles. The maximum atomic E-state index is 12.7. The molecule has 2 aliphatic rings. The lowest BCUT2D eigenvalue weighted by atomic mass is 9.73. The average molecular weight is 351 g/mol. The first-order valence-corrected chi connectivity index (χ1v) is 9.33. The van der Waals surface area contributed by atoms with Crippen molar-refractivity contribution in [3.63, 3.8) is 0 Å². The van der Waals surface area contributed by atoms with Crippen LogP contribution in [0.5, 0.6) is 0 Å². The molecule has 0 radical (unpaired) electrons. The molecular weight excluding hydrogens is 324 g/mol. The van der Waals surface area contributed by atoms with Gasteiger partial charge in [-0.3, -0.25) is 4.79 Å². The molecule has 132 valence electrons. The number of hydrogen-bond acceptors (Lipinski definition) is 3. The van der Waals surface area contributed by atoms with Crippen molar-refractivity contribution in [1.82, 2.24) is 5.32 Å². The molecule has 1 aromatic carbocycles. The van der Waals surface area contributed by atoms with E-state index in [9.17, 15) is 4.79 Å². The minimum absolute atomic E-state index is 0.00188. The van der Waals surface area contributed by atoms with Gasteiger partial charge in [-0.15, -0.1) is 0 Å². The van der Waals surface area contributed by atoms with Crippen LogP contribution in [0.15, 0.2) is 24.3 Å². The Morgan fingerprint density at radius 1 is 1.08 bits per heavy atom. The molecule has 24 heavy (non-hydrogen) atoms. The Labute approximate surface area is 149 Å². The number of hydrogen-bond donors (Lipinski definition) is 2. The van der Waals surface area contributed by atoms with E-state index in [4.69, 9.17) is 22.1 Å². The minimum atomic E-state index is -0.690. The van der Waals surface area contributed by atoms with Crippen molar-refractivity contribution in [1.29, 1.82) is 0 Å². The second kappa shape index (κ2) is 7.42. The molecule has 0 aromatic heterocycles. The van der Waals surface area contributed by atoms with Gasteiger partial charge in [-0.25, -0.2) is 0 Å². The molecule has 3 N–H and O–H groups in total. The molecule has 3 rings (SSSR count). The van der Waals surface area contributed by atoms with E-state index < -0.39 is 5.54 Å². The summed E-state index contributed by atoms with van der Waals surface area (Å²) < 4.78 is 5.55. The molecule has 0 spiro atoms. The summed E-state index contributed by atoms with van der Waals surface area (Å²) in [6.07, 6.45) is 6.63. The lowest BCUT2D eigenvalue weighted by Crippen LogP contribution is -2.57. The highest BCUT2D eigenvalue weighted by Gasteiger charge is 2.39. The summed E-state index contributed by atoms with van der Waals surface area (Å²) in [6.45, 7) is 2.04. The topological polar surface area (TPSA) is 64.4 Å². The van der Waals surface area contributed by atoms with E-state index in [1.807, 2.05) is 12.1 Å². The molecule has 0 unspecified atom stereocenters. The van der Waals surface area contributed by atoms with Crippen LogP contribution in [0.2, 0.25) is 5.02 Å². The van der Waals surface area contributed by atoms with Crippen molar-refractivity contribution in [2.75, 3.05) is 19.8 Å². The number of benzene rings is 1. The van der Waals surface area contributed by atoms with Crippen LogP contribution < -0.4 is 11.1 Å². The van der Waals surface area contributed by atoms with E-state index in [0.29, 0.717) is 19.8 Å². The van der Waals surface area contributed by atoms with Crippen LogP contribution in [0.25, 0.3) is 0 Å². The molecular formula is C19H27ClN2O2. The van der Waals surface area contributed by atoms with Gasteiger partial charge in [-0.05, 0) is 43.4 Å². The first kappa shape index (κ1) is 17.7. The highest BCUT2D eigenvalue weighted by atomic mass is 35.5. The van der Waals surface area contributed by atoms with E-state index >= 15 is 0 Å². The van der Waals surface area contributed by atoms with Crippen molar-refractivity contribution in [3.05, 3.63) is 34.9 Å². The smallest absolute Gasteiger partial charge is 0.240 e. The van der Waals surface area contributed by atoms with E-state index in [2.05, 4.69) is 17.4 Å². The maximum Gasteiger partial charge on any atom is 0.240 e. The van der Waals surface area contributed by atoms with Crippen LogP contribution in [0.4, 0.5) is 0 Å². The van der Waals surface area contributed by atoms with Crippen molar-refractivity contribution in [2.24, 2.45) is 5.73 Å². The zero-order valence-corrected chi connectivity index (χ0v) is 14.9. The summed E-state index contributed by atoms with van der Waals surface area (Å²) in [4.78, 5) is 12.7. The quantitative estimate of drug-likeness (QED) is 0.876. The molecule has 0 atom stereocenters. The fourth-order valence-electron chi connectivity index (χ4n) is 3.97. The Morgan fingerprint density at radius 3 is 2.33 bits per heavy atom. The van der Waals surface area contributed by atoms with E-state index in [1.165, 1.54) is 12.0 Å². The second-order valence-electron chi connectivity index (χ2n) is 7.30. The maximum absolute atomic E-state index is 12.7. The summed E-state index contributed by atoms with van der Waals surface area (Å²) in [6, 6.07) is 7.97. The molecule has 5 heteroatoms. The first-order valence-electron chi connectivity index (χ1n) is 8.95. The lowest BCUT2D eigenvalue weighted by molar-refractivity contribution is -0.128. The SMILES string of the molecule is NC1(C(=O)NCC2(c3ccc(Cl)cc3)CCOCC2)CCCCC1. The fourth-order valence-corrected chi connectivity index (χ4v) is 4.09. The lowest BCUT2D eigenvalue weighted by Gasteiger charge is -2.39. The van der Waals surface area contributed by atoms with Gasteiger partial charge >= 0.3 is 0 Å². The number of nitrogens with one attached hydrogen (secondary N) is 1. The fraction of sp³-hybridized carbons (Fsp3) is 0.632. The predicted octanol–water partition coefficient (Wildman–Crippen LogP) is 3.17. The van der Waals surface area contributed by atoms with Crippen LogP contribution in [0, 0.1) is 0 Å². The normalized spacial score (nSPS) is 22.8. The molecule has 1 saturated carbocycles. The summed E-state index contributed by atoms with van der Waals surface area (Å²) in [7, 11) is 0. The van der Waals surface area contributed by atoms with E-state index in [0.717, 1.165) is 43.5 Å². The van der Waals surface area contributed by atoms with Crippen LogP contribution >= 0.6 is 11.6 Å². The Kier molecular flexibility index (Phi) is 5.48. The van der Waals surface area contributed by atoms with Gasteiger partial charge in [-0.1, -0.05) is 43.0 Å². The van der Waals surface area contributed by atoms with Crippen molar-refractivity contribution in [2.45, 2.75) is 55.9 Å². The van der Waals surface area contributed by atoms with Gasteiger partial charge < -0.3 is 15.8 Å². The second-order valence-corrected chi connectivity index (χ2v) is 7.74. The van der Waals surface area contributed by atoms with Crippen molar-refractivity contribution < 1.29 is 9.53 Å². The highest BCUT2D eigenvalue weighted by Crippen LogP contribution is 2.35. The Bertz CT molecular complexity index is 561. The third-order valence-electron chi connectivity index (χ3n) is 5.69. The minimum Gasteiger partial charge on any atom is -0.381 e. The summed E-state index contributed by atoms with van der Waals surface area (Å²) in [5, 5.41) is 3.89. The number of nitrogens with two attached hydrogens (primary N) is 1. The number of rotatable bonds is 4. The number of amides is 1. The van der Waals surface area contributed by atoms with Crippen molar-refractivity contribution >= 4 is 17.5 Å². The Balaban J connectivity index is 1.73. The zero-order valence-electron chi connectivity index (χ0n) is 14.2. The van der Waals surface area contributed by atoms with E-state index in [-0.39, 0.29) is 11.3 Å². The predicted molar refractivity (Wildman–Crippen MR) is 96.2 cm³/mol. The van der Waals surface area contributed by atoms with Gasteiger partial charge in [0.1, 0.15) is 0 Å². The third-order valence-corrected chi connectivity index (χ3v) is 5.94. The van der Waals surface area contributed by atoms with Crippen LogP contribution in [0.1, 0.15) is 50.5 Å². The first-order chi connectivity index (χ1) is 11.5. The number of ether oxygens (including phenoxy) is 1. The summed E-state index contributed by atoms with van der Waals surface area (Å²) in [5.74, 6) is 0.00188. The molecule has 1 aliphatic carbocycles. The summed E-state index contributed by atoms with van der Waals surface area (Å²) in [5.41, 5.74) is 6.80. The van der Waals surface area contributed by atoms with Gasteiger partial charge in [-0.2, -0.15) is 0 Å². The monoisotopic (exact) mass is 350 g/mol. The number of carbonyl (C=O) groups excluding carboxylic acids is 1. The Morgan fingerprint density at radius 2 is 1.71 bits per heavy atom. The standard InChI is InChI=1S/C19H27ClN2O2/c20-16-6-4-15(5-7-16)18(10-12-24-13-11-18)14-22-17(23)19(21)8-2-1-3-9-19/h4-7H,1-3,8-14,21H2,(H,22,23). The van der Waals surface area contributed by atoms with E-state index in [1.54, 1.807) is 0 Å². The zero-order chi connectivity index (χ0) is 17.0. The summed E-state index contributed by atoms with van der Waals surface area (Å²) >= 11 is 6.03. The Hall–Kier alpha value is -1.10.